The van der Waals surface area contributed by atoms with Gasteiger partial charge >= 0.3 is 0 Å². The molecule has 1 atom stereocenters. The molecule has 0 amide bonds. The quantitative estimate of drug-likeness (QED) is 0.624. The van der Waals surface area contributed by atoms with E-state index in [1.807, 2.05) is 12.1 Å². The van der Waals surface area contributed by atoms with Crippen LogP contribution >= 0.6 is 11.6 Å². The van der Waals surface area contributed by atoms with Gasteiger partial charge < -0.3 is 11.1 Å². The van der Waals surface area contributed by atoms with Gasteiger partial charge in [0.2, 0.25) is 0 Å². The highest BCUT2D eigenvalue weighted by Gasteiger charge is 2.20. The summed E-state index contributed by atoms with van der Waals surface area (Å²) in [7, 11) is 0. The van der Waals surface area contributed by atoms with Gasteiger partial charge in [0.05, 0.1) is 0 Å². The molecule has 2 nitrogen and oxygen atoms in total. The van der Waals surface area contributed by atoms with E-state index in [0.717, 1.165) is 23.7 Å². The van der Waals surface area contributed by atoms with Crippen LogP contribution in [-0.2, 0) is 6.42 Å². The van der Waals surface area contributed by atoms with Crippen LogP contribution in [0.3, 0.4) is 0 Å². The predicted molar refractivity (Wildman–Crippen MR) is 56.0 cm³/mol. The van der Waals surface area contributed by atoms with Crippen LogP contribution < -0.4 is 11.1 Å². The third kappa shape index (κ3) is 1.40. The lowest BCUT2D eigenvalue weighted by Crippen LogP contribution is -2.28. The maximum atomic E-state index is 6.10. The summed E-state index contributed by atoms with van der Waals surface area (Å²) in [4.78, 5) is 0. The van der Waals surface area contributed by atoms with E-state index in [2.05, 4.69) is 12.2 Å². The van der Waals surface area contributed by atoms with Crippen molar-refractivity contribution in [3.63, 3.8) is 0 Å². The second-order valence-corrected chi connectivity index (χ2v) is 3.86. The van der Waals surface area contributed by atoms with E-state index >= 15 is 0 Å². The first-order valence-corrected chi connectivity index (χ1v) is 4.88. The highest BCUT2D eigenvalue weighted by molar-refractivity contribution is 6.31. The first-order chi connectivity index (χ1) is 6.20. The summed E-state index contributed by atoms with van der Waals surface area (Å²) >= 11 is 6.10. The molecule has 1 aliphatic heterocycles. The van der Waals surface area contributed by atoms with E-state index < -0.39 is 0 Å². The molecule has 0 aromatic heterocycles. The fraction of sp³-hybridized carbons (Fsp3) is 0.400. The number of nitrogens with one attached hydrogen (secondary N) is 1. The molecular weight excluding hydrogens is 184 g/mol. The smallest absolute Gasteiger partial charge is 0.0443 e. The molecule has 2 rings (SSSR count). The van der Waals surface area contributed by atoms with Crippen LogP contribution in [0.4, 0.5) is 5.69 Å². The average Bonchev–Trinajstić information content (AvgIpc) is 2.12. The maximum absolute atomic E-state index is 6.10. The van der Waals surface area contributed by atoms with Gasteiger partial charge in [0.1, 0.15) is 0 Å². The van der Waals surface area contributed by atoms with Crippen molar-refractivity contribution in [1.82, 2.24) is 5.32 Å². The van der Waals surface area contributed by atoms with Gasteiger partial charge in [-0.3, -0.25) is 0 Å². The standard InChI is InChI=1S/C10H13ClN2/c1-6-10-7(4-5-13-6)8(11)2-3-9(10)12/h2-3,6,13H,4-5,12H2,1H3. The predicted octanol–water partition coefficient (Wildman–Crippen LogP) is 2.13. The highest BCUT2D eigenvalue weighted by Crippen LogP contribution is 2.32. The summed E-state index contributed by atoms with van der Waals surface area (Å²) < 4.78 is 0. The van der Waals surface area contributed by atoms with Crippen molar-refractivity contribution >= 4 is 17.3 Å². The Balaban J connectivity index is 2.60. The Bertz CT molecular complexity index is 336. The van der Waals surface area contributed by atoms with Crippen LogP contribution in [0.2, 0.25) is 5.02 Å². The summed E-state index contributed by atoms with van der Waals surface area (Å²) in [5.41, 5.74) is 9.14. The summed E-state index contributed by atoms with van der Waals surface area (Å²) in [6.45, 7) is 3.10. The van der Waals surface area contributed by atoms with Crippen LogP contribution in [0.5, 0.6) is 0 Å². The summed E-state index contributed by atoms with van der Waals surface area (Å²) in [6, 6.07) is 4.08. The van der Waals surface area contributed by atoms with Gasteiger partial charge in [-0.1, -0.05) is 11.6 Å². The Morgan fingerprint density at radius 3 is 3.00 bits per heavy atom. The van der Waals surface area contributed by atoms with Gasteiger partial charge in [-0.15, -0.1) is 0 Å². The molecule has 0 fully saturated rings. The lowest BCUT2D eigenvalue weighted by molar-refractivity contribution is 0.543. The van der Waals surface area contributed by atoms with Gasteiger partial charge in [-0.2, -0.15) is 0 Å². The van der Waals surface area contributed by atoms with E-state index in [9.17, 15) is 0 Å². The number of hydrogen-bond acceptors (Lipinski definition) is 2. The number of nitrogen functional groups attached to an aromatic ring is 1. The molecule has 0 aliphatic carbocycles. The molecule has 0 bridgehead atoms. The molecule has 0 spiro atoms. The molecule has 13 heavy (non-hydrogen) atoms. The summed E-state index contributed by atoms with van der Waals surface area (Å²) in [5, 5.41) is 4.21. The average molecular weight is 197 g/mol. The molecule has 1 aromatic carbocycles. The summed E-state index contributed by atoms with van der Waals surface area (Å²) in [6.07, 6.45) is 0.976. The topological polar surface area (TPSA) is 38.0 Å². The first-order valence-electron chi connectivity index (χ1n) is 4.50. The molecule has 1 aliphatic rings. The Labute approximate surface area is 83.1 Å². The number of anilines is 1. The van der Waals surface area contributed by atoms with Crippen LogP contribution in [0.25, 0.3) is 0 Å². The summed E-state index contributed by atoms with van der Waals surface area (Å²) in [5.74, 6) is 0. The Kier molecular flexibility index (Phi) is 2.18. The van der Waals surface area contributed by atoms with Crippen LogP contribution in [0.15, 0.2) is 12.1 Å². The normalized spacial score (nSPS) is 21.2. The van der Waals surface area contributed by atoms with Crippen LogP contribution in [-0.4, -0.2) is 6.54 Å². The lowest BCUT2D eigenvalue weighted by Gasteiger charge is -2.26. The minimum Gasteiger partial charge on any atom is -0.398 e. The SMILES string of the molecule is CC1NCCc2c(Cl)ccc(N)c21. The number of benzene rings is 1. The molecule has 3 heteroatoms. The first kappa shape index (κ1) is 8.85. The molecule has 3 N–H and O–H groups in total. The fourth-order valence-corrected chi connectivity index (χ4v) is 2.20. The minimum absolute atomic E-state index is 0.322. The van der Waals surface area contributed by atoms with E-state index in [1.54, 1.807) is 0 Å². The van der Waals surface area contributed by atoms with E-state index in [4.69, 9.17) is 17.3 Å². The van der Waals surface area contributed by atoms with Gasteiger partial charge in [0.15, 0.2) is 0 Å². The highest BCUT2D eigenvalue weighted by atomic mass is 35.5. The number of nitrogens with two attached hydrogens (primary N) is 1. The van der Waals surface area contributed by atoms with Crippen molar-refractivity contribution in [2.45, 2.75) is 19.4 Å². The third-order valence-corrected chi connectivity index (χ3v) is 2.95. The molecule has 0 saturated carbocycles. The number of fused-ring (bicyclic) bond motifs is 1. The van der Waals surface area contributed by atoms with Crippen LogP contribution in [0, 0.1) is 0 Å². The molecule has 1 heterocycles. The molecule has 70 valence electrons. The lowest BCUT2D eigenvalue weighted by atomic mass is 9.94. The monoisotopic (exact) mass is 196 g/mol. The maximum Gasteiger partial charge on any atom is 0.0443 e. The number of halogens is 1. The number of hydrogen-bond donors (Lipinski definition) is 2. The fourth-order valence-electron chi connectivity index (χ4n) is 1.94. The van der Waals surface area contributed by atoms with E-state index in [1.165, 1.54) is 11.1 Å². The van der Waals surface area contributed by atoms with Gasteiger partial charge in [-0.25, -0.2) is 0 Å². The largest absolute Gasteiger partial charge is 0.398 e. The van der Waals surface area contributed by atoms with Crippen molar-refractivity contribution in [2.24, 2.45) is 0 Å². The molecule has 1 aromatic rings. The zero-order chi connectivity index (χ0) is 9.42. The van der Waals surface area contributed by atoms with Gasteiger partial charge in [0, 0.05) is 16.8 Å². The Morgan fingerprint density at radius 1 is 1.54 bits per heavy atom. The van der Waals surface area contributed by atoms with Gasteiger partial charge in [0.25, 0.3) is 0 Å². The third-order valence-electron chi connectivity index (χ3n) is 2.59. The van der Waals surface area contributed by atoms with Crippen LogP contribution in [0.1, 0.15) is 24.1 Å². The van der Waals surface area contributed by atoms with Crippen molar-refractivity contribution in [3.05, 3.63) is 28.3 Å². The Hall–Kier alpha value is -0.730. The van der Waals surface area contributed by atoms with Gasteiger partial charge in [-0.05, 0) is 43.1 Å². The molecule has 1 unspecified atom stereocenters. The molecule has 0 radical (unpaired) electrons. The second-order valence-electron chi connectivity index (χ2n) is 3.45. The minimum atomic E-state index is 0.322. The zero-order valence-corrected chi connectivity index (χ0v) is 8.36. The van der Waals surface area contributed by atoms with Crippen molar-refractivity contribution in [1.29, 1.82) is 0 Å². The second kappa shape index (κ2) is 3.20. The Morgan fingerprint density at radius 2 is 2.31 bits per heavy atom. The van der Waals surface area contributed by atoms with Crippen molar-refractivity contribution in [2.75, 3.05) is 12.3 Å². The van der Waals surface area contributed by atoms with Crippen molar-refractivity contribution < 1.29 is 0 Å². The van der Waals surface area contributed by atoms with E-state index in [0.29, 0.717) is 6.04 Å². The van der Waals surface area contributed by atoms with E-state index in [-0.39, 0.29) is 0 Å². The zero-order valence-electron chi connectivity index (χ0n) is 7.60. The molecular formula is C10H13ClN2. The molecule has 0 saturated heterocycles. The number of rotatable bonds is 0. The van der Waals surface area contributed by atoms with Crippen molar-refractivity contribution in [3.8, 4) is 0 Å².